The van der Waals surface area contributed by atoms with Crippen molar-refractivity contribution in [3.63, 3.8) is 0 Å². The van der Waals surface area contributed by atoms with E-state index in [4.69, 9.17) is 5.73 Å². The van der Waals surface area contributed by atoms with E-state index in [0.29, 0.717) is 5.92 Å². The summed E-state index contributed by atoms with van der Waals surface area (Å²) in [5.41, 5.74) is 9.38. The second-order valence-corrected chi connectivity index (χ2v) is 4.34. The Bertz CT molecular complexity index is 158. The molecule has 12 heavy (non-hydrogen) atoms. The van der Waals surface area contributed by atoms with Gasteiger partial charge in [0.15, 0.2) is 0 Å². The number of rotatable bonds is 3. The molecule has 0 aromatic rings. The van der Waals surface area contributed by atoms with Crippen molar-refractivity contribution in [3.8, 4) is 0 Å². The predicted molar refractivity (Wildman–Crippen MR) is 51.6 cm³/mol. The molecule has 0 aromatic carbocycles. The number of nitrogens with two attached hydrogens (primary N) is 1. The maximum absolute atomic E-state index is 5.78. The first-order valence-electron chi connectivity index (χ1n) is 4.67. The molecule has 1 aliphatic carbocycles. The maximum atomic E-state index is 5.78. The molecule has 0 bridgehead atoms. The summed E-state index contributed by atoms with van der Waals surface area (Å²) in [7, 11) is 4.04. The molecule has 3 N–H and O–H groups in total. The predicted octanol–water partition coefficient (Wildman–Crippen LogP) is 0.426. The van der Waals surface area contributed by atoms with E-state index in [1.807, 2.05) is 19.1 Å². The van der Waals surface area contributed by atoms with E-state index in [-0.39, 0.29) is 5.54 Å². The smallest absolute Gasteiger partial charge is 0.0478 e. The van der Waals surface area contributed by atoms with Crippen molar-refractivity contribution in [2.45, 2.75) is 25.8 Å². The van der Waals surface area contributed by atoms with Gasteiger partial charge in [-0.1, -0.05) is 13.8 Å². The first-order chi connectivity index (χ1) is 5.52. The zero-order chi connectivity index (χ0) is 9.35. The molecule has 72 valence electrons. The van der Waals surface area contributed by atoms with Gasteiger partial charge in [0, 0.05) is 26.2 Å². The van der Waals surface area contributed by atoms with Gasteiger partial charge >= 0.3 is 0 Å². The van der Waals surface area contributed by atoms with Crippen molar-refractivity contribution >= 4 is 0 Å². The SMILES string of the molecule is CC1CC(CN)(NN(C)C)C1C. The van der Waals surface area contributed by atoms with Crippen LogP contribution in [0.4, 0.5) is 0 Å². The standard InChI is InChI=1S/C9H21N3/c1-7-5-9(6-10,8(7)2)11-12(3)4/h7-8,11H,5-6,10H2,1-4H3. The molecule has 3 heteroatoms. The van der Waals surface area contributed by atoms with Crippen LogP contribution in [0.3, 0.4) is 0 Å². The van der Waals surface area contributed by atoms with Gasteiger partial charge in [0.2, 0.25) is 0 Å². The fraction of sp³-hybridized carbons (Fsp3) is 1.00. The zero-order valence-corrected chi connectivity index (χ0v) is 8.59. The van der Waals surface area contributed by atoms with Crippen LogP contribution in [-0.4, -0.2) is 31.2 Å². The number of hydrogen-bond acceptors (Lipinski definition) is 3. The van der Waals surface area contributed by atoms with Crippen LogP contribution in [0, 0.1) is 11.8 Å². The minimum atomic E-state index is 0.170. The molecule has 0 aliphatic heterocycles. The van der Waals surface area contributed by atoms with Crippen LogP contribution in [0.1, 0.15) is 20.3 Å². The van der Waals surface area contributed by atoms with Crippen LogP contribution in [0.25, 0.3) is 0 Å². The Kier molecular flexibility index (Phi) is 2.76. The highest BCUT2D eigenvalue weighted by Crippen LogP contribution is 2.42. The molecule has 1 fully saturated rings. The van der Waals surface area contributed by atoms with Crippen molar-refractivity contribution in [2.75, 3.05) is 20.6 Å². The summed E-state index contributed by atoms with van der Waals surface area (Å²) in [4.78, 5) is 0. The average molecular weight is 171 g/mol. The normalized spacial score (nSPS) is 41.5. The molecule has 1 saturated carbocycles. The summed E-state index contributed by atoms with van der Waals surface area (Å²) in [6, 6.07) is 0. The van der Waals surface area contributed by atoms with Gasteiger partial charge in [-0.15, -0.1) is 0 Å². The molecule has 1 rings (SSSR count). The molecule has 0 aromatic heterocycles. The average Bonchev–Trinajstić information content (AvgIpc) is 2.02. The van der Waals surface area contributed by atoms with Crippen LogP contribution >= 0.6 is 0 Å². The topological polar surface area (TPSA) is 41.3 Å². The molecule has 0 saturated heterocycles. The maximum Gasteiger partial charge on any atom is 0.0478 e. The van der Waals surface area contributed by atoms with Crippen LogP contribution in [0.2, 0.25) is 0 Å². The summed E-state index contributed by atoms with van der Waals surface area (Å²) in [5, 5.41) is 2.01. The van der Waals surface area contributed by atoms with Gasteiger partial charge in [-0.25, -0.2) is 5.43 Å². The van der Waals surface area contributed by atoms with E-state index < -0.39 is 0 Å². The van der Waals surface area contributed by atoms with Crippen molar-refractivity contribution in [1.82, 2.24) is 10.4 Å². The summed E-state index contributed by atoms with van der Waals surface area (Å²) in [6.45, 7) is 5.30. The van der Waals surface area contributed by atoms with Crippen LogP contribution in [-0.2, 0) is 0 Å². The van der Waals surface area contributed by atoms with Gasteiger partial charge in [-0.2, -0.15) is 0 Å². The largest absolute Gasteiger partial charge is 0.329 e. The van der Waals surface area contributed by atoms with Gasteiger partial charge in [-0.3, -0.25) is 5.01 Å². The number of nitrogens with zero attached hydrogens (tertiary/aromatic N) is 1. The highest BCUT2D eigenvalue weighted by atomic mass is 15.5. The summed E-state index contributed by atoms with van der Waals surface area (Å²) in [6.07, 6.45) is 1.20. The monoisotopic (exact) mass is 171 g/mol. The van der Waals surface area contributed by atoms with Gasteiger partial charge in [-0.05, 0) is 18.3 Å². The minimum absolute atomic E-state index is 0.170. The van der Waals surface area contributed by atoms with Crippen molar-refractivity contribution in [1.29, 1.82) is 0 Å². The van der Waals surface area contributed by atoms with Gasteiger partial charge in [0.25, 0.3) is 0 Å². The van der Waals surface area contributed by atoms with Gasteiger partial charge in [0.1, 0.15) is 0 Å². The lowest BCUT2D eigenvalue weighted by molar-refractivity contribution is -0.0149. The van der Waals surface area contributed by atoms with Crippen LogP contribution in [0.5, 0.6) is 0 Å². The second-order valence-electron chi connectivity index (χ2n) is 4.34. The summed E-state index contributed by atoms with van der Waals surface area (Å²) >= 11 is 0. The Morgan fingerprint density at radius 2 is 2.08 bits per heavy atom. The first-order valence-corrected chi connectivity index (χ1v) is 4.67. The second kappa shape index (κ2) is 3.32. The number of nitrogens with one attached hydrogen (secondary N) is 1. The van der Waals surface area contributed by atoms with Crippen LogP contribution < -0.4 is 11.2 Å². The molecule has 0 heterocycles. The third-order valence-electron chi connectivity index (χ3n) is 3.22. The van der Waals surface area contributed by atoms with Crippen molar-refractivity contribution in [3.05, 3.63) is 0 Å². The molecule has 0 amide bonds. The number of hydrazine groups is 1. The van der Waals surface area contributed by atoms with E-state index in [9.17, 15) is 0 Å². The highest BCUT2D eigenvalue weighted by molar-refractivity contribution is 5.04. The summed E-state index contributed by atoms with van der Waals surface area (Å²) < 4.78 is 0. The zero-order valence-electron chi connectivity index (χ0n) is 8.59. The van der Waals surface area contributed by atoms with E-state index >= 15 is 0 Å². The van der Waals surface area contributed by atoms with Crippen molar-refractivity contribution < 1.29 is 0 Å². The minimum Gasteiger partial charge on any atom is -0.329 e. The lowest BCUT2D eigenvalue weighted by atomic mass is 9.61. The van der Waals surface area contributed by atoms with Gasteiger partial charge < -0.3 is 5.73 Å². The molecule has 1 aliphatic rings. The Labute approximate surface area is 75.3 Å². The first kappa shape index (κ1) is 9.96. The fourth-order valence-electron chi connectivity index (χ4n) is 2.23. The molecule has 0 radical (unpaired) electrons. The molecular formula is C9H21N3. The van der Waals surface area contributed by atoms with Crippen LogP contribution in [0.15, 0.2) is 0 Å². The summed E-state index contributed by atoms with van der Waals surface area (Å²) in [5.74, 6) is 1.49. The number of hydrogen-bond donors (Lipinski definition) is 2. The third kappa shape index (κ3) is 1.49. The molecule has 3 unspecified atom stereocenters. The molecular weight excluding hydrogens is 150 g/mol. The molecule has 3 atom stereocenters. The van der Waals surface area contributed by atoms with E-state index in [0.717, 1.165) is 12.5 Å². The molecule has 3 nitrogen and oxygen atoms in total. The van der Waals surface area contributed by atoms with Gasteiger partial charge in [0.05, 0.1) is 0 Å². The van der Waals surface area contributed by atoms with E-state index in [1.165, 1.54) is 6.42 Å². The fourth-order valence-corrected chi connectivity index (χ4v) is 2.23. The van der Waals surface area contributed by atoms with Crippen molar-refractivity contribution in [2.24, 2.45) is 17.6 Å². The Balaban J connectivity index is 2.54. The van der Waals surface area contributed by atoms with E-state index in [1.54, 1.807) is 0 Å². The quantitative estimate of drug-likeness (QED) is 0.605. The Hall–Kier alpha value is -0.120. The van der Waals surface area contributed by atoms with E-state index in [2.05, 4.69) is 19.3 Å². The highest BCUT2D eigenvalue weighted by Gasteiger charge is 2.48. The Morgan fingerprint density at radius 1 is 1.50 bits per heavy atom. The lowest BCUT2D eigenvalue weighted by Crippen LogP contribution is -2.68. The third-order valence-corrected chi connectivity index (χ3v) is 3.22. The lowest BCUT2D eigenvalue weighted by Gasteiger charge is -2.54. The molecule has 0 spiro atoms. The Morgan fingerprint density at radius 3 is 2.33 bits per heavy atom.